The van der Waals surface area contributed by atoms with Crippen molar-refractivity contribution in [3.05, 3.63) is 0 Å². The van der Waals surface area contributed by atoms with E-state index < -0.39 is 0 Å². The Bertz CT molecular complexity index is 234. The molecule has 0 heterocycles. The number of rotatable bonds is 9. The molecule has 0 saturated heterocycles. The summed E-state index contributed by atoms with van der Waals surface area (Å²) in [6, 6.07) is 0. The summed E-state index contributed by atoms with van der Waals surface area (Å²) in [5.41, 5.74) is 0. The van der Waals surface area contributed by atoms with Crippen LogP contribution in [-0.2, 0) is 9.59 Å². The van der Waals surface area contributed by atoms with Gasteiger partial charge in [0, 0.05) is 25.3 Å². The second-order valence-corrected chi connectivity index (χ2v) is 5.36. The third kappa shape index (κ3) is 10.0. The number of nitrogens with one attached hydrogen (secondary N) is 1. The van der Waals surface area contributed by atoms with E-state index in [1.165, 1.54) is 0 Å². The fraction of sp³-hybridized carbons (Fsp3) is 0.857. The van der Waals surface area contributed by atoms with Crippen LogP contribution in [0.2, 0.25) is 0 Å². The van der Waals surface area contributed by atoms with Gasteiger partial charge in [0.25, 0.3) is 0 Å². The smallest absolute Gasteiger partial charge is 0.219 e. The maximum atomic E-state index is 11.4. The van der Waals surface area contributed by atoms with Crippen LogP contribution in [-0.4, -0.2) is 18.2 Å². The summed E-state index contributed by atoms with van der Waals surface area (Å²) in [5.74, 6) is 1.15. The third-order valence-corrected chi connectivity index (χ3v) is 2.76. The van der Waals surface area contributed by atoms with Crippen LogP contribution in [0.15, 0.2) is 0 Å². The SMILES string of the molecule is CC(C)CCNC(=O)CCCCC(=O)C(C)C. The van der Waals surface area contributed by atoms with Crippen LogP contribution in [0, 0.1) is 11.8 Å². The Hall–Kier alpha value is -0.860. The fourth-order valence-corrected chi connectivity index (χ4v) is 1.46. The van der Waals surface area contributed by atoms with Gasteiger partial charge < -0.3 is 5.32 Å². The molecule has 0 aliphatic heterocycles. The van der Waals surface area contributed by atoms with Gasteiger partial charge in [-0.3, -0.25) is 9.59 Å². The summed E-state index contributed by atoms with van der Waals surface area (Å²) in [7, 11) is 0. The minimum Gasteiger partial charge on any atom is -0.356 e. The van der Waals surface area contributed by atoms with Gasteiger partial charge >= 0.3 is 0 Å². The lowest BCUT2D eigenvalue weighted by molar-refractivity contribution is -0.123. The van der Waals surface area contributed by atoms with Crippen LogP contribution in [0.25, 0.3) is 0 Å². The summed E-state index contributed by atoms with van der Waals surface area (Å²) in [4.78, 5) is 22.7. The highest BCUT2D eigenvalue weighted by molar-refractivity contribution is 5.80. The molecule has 0 atom stereocenters. The molecule has 3 nitrogen and oxygen atoms in total. The predicted octanol–water partition coefficient (Wildman–Crippen LogP) is 2.93. The van der Waals surface area contributed by atoms with Crippen LogP contribution in [0.4, 0.5) is 0 Å². The van der Waals surface area contributed by atoms with Crippen molar-refractivity contribution >= 4 is 11.7 Å². The first-order valence-corrected chi connectivity index (χ1v) is 6.73. The topological polar surface area (TPSA) is 46.2 Å². The molecule has 100 valence electrons. The average Bonchev–Trinajstić information content (AvgIpc) is 2.23. The highest BCUT2D eigenvalue weighted by Crippen LogP contribution is 2.06. The molecular formula is C14H27NO2. The van der Waals surface area contributed by atoms with Crippen LogP contribution in [0.5, 0.6) is 0 Å². The van der Waals surface area contributed by atoms with Crippen molar-refractivity contribution < 1.29 is 9.59 Å². The van der Waals surface area contributed by atoms with E-state index in [-0.39, 0.29) is 11.8 Å². The second kappa shape index (κ2) is 9.20. The van der Waals surface area contributed by atoms with E-state index in [0.717, 1.165) is 25.8 Å². The second-order valence-electron chi connectivity index (χ2n) is 5.36. The molecule has 1 amide bonds. The lowest BCUT2D eigenvalue weighted by Crippen LogP contribution is -2.24. The fourth-order valence-electron chi connectivity index (χ4n) is 1.46. The third-order valence-electron chi connectivity index (χ3n) is 2.76. The average molecular weight is 241 g/mol. The molecule has 0 rings (SSSR count). The standard InChI is InChI=1S/C14H27NO2/c1-11(2)9-10-15-14(17)8-6-5-7-13(16)12(3)4/h11-12H,5-10H2,1-4H3,(H,15,17). The predicted molar refractivity (Wildman–Crippen MR) is 70.8 cm³/mol. The van der Waals surface area contributed by atoms with E-state index in [4.69, 9.17) is 0 Å². The maximum Gasteiger partial charge on any atom is 0.219 e. The molecule has 0 aliphatic carbocycles. The van der Waals surface area contributed by atoms with E-state index in [1.54, 1.807) is 0 Å². The van der Waals surface area contributed by atoms with Crippen LogP contribution < -0.4 is 5.32 Å². The first-order chi connectivity index (χ1) is 7.93. The van der Waals surface area contributed by atoms with Gasteiger partial charge in [0.05, 0.1) is 0 Å². The molecule has 0 fully saturated rings. The maximum absolute atomic E-state index is 11.4. The van der Waals surface area contributed by atoms with E-state index >= 15 is 0 Å². The van der Waals surface area contributed by atoms with Crippen molar-refractivity contribution in [2.45, 2.75) is 59.8 Å². The molecule has 17 heavy (non-hydrogen) atoms. The first kappa shape index (κ1) is 16.1. The Balaban J connectivity index is 3.42. The first-order valence-electron chi connectivity index (χ1n) is 6.73. The molecular weight excluding hydrogens is 214 g/mol. The summed E-state index contributed by atoms with van der Waals surface area (Å²) in [5, 5.41) is 2.90. The largest absolute Gasteiger partial charge is 0.356 e. The van der Waals surface area contributed by atoms with E-state index in [9.17, 15) is 9.59 Å². The van der Waals surface area contributed by atoms with Gasteiger partial charge in [-0.1, -0.05) is 27.7 Å². The lowest BCUT2D eigenvalue weighted by Gasteiger charge is -2.07. The van der Waals surface area contributed by atoms with Crippen molar-refractivity contribution in [1.82, 2.24) is 5.32 Å². The number of Topliss-reactive ketones (excluding diaryl/α,β-unsaturated/α-hetero) is 1. The number of amides is 1. The van der Waals surface area contributed by atoms with Crippen LogP contribution >= 0.6 is 0 Å². The minimum atomic E-state index is 0.114. The lowest BCUT2D eigenvalue weighted by atomic mass is 10.0. The van der Waals surface area contributed by atoms with Gasteiger partial charge in [0.2, 0.25) is 5.91 Å². The van der Waals surface area contributed by atoms with Crippen molar-refractivity contribution in [1.29, 1.82) is 0 Å². The molecule has 0 aromatic heterocycles. The van der Waals surface area contributed by atoms with Crippen LogP contribution in [0.1, 0.15) is 59.8 Å². The molecule has 0 aromatic carbocycles. The molecule has 0 bridgehead atoms. The molecule has 0 aromatic rings. The minimum absolute atomic E-state index is 0.114. The molecule has 0 aliphatic rings. The van der Waals surface area contributed by atoms with Gasteiger partial charge in [0.1, 0.15) is 5.78 Å². The molecule has 3 heteroatoms. The van der Waals surface area contributed by atoms with Crippen molar-refractivity contribution in [2.75, 3.05) is 6.54 Å². The number of ketones is 1. The Morgan fingerprint density at radius 1 is 1.00 bits per heavy atom. The van der Waals surface area contributed by atoms with Crippen molar-refractivity contribution in [3.63, 3.8) is 0 Å². The summed E-state index contributed by atoms with van der Waals surface area (Å²) in [6.07, 6.45) is 3.82. The van der Waals surface area contributed by atoms with Crippen LogP contribution in [0.3, 0.4) is 0 Å². The zero-order chi connectivity index (χ0) is 13.3. The molecule has 0 saturated carbocycles. The molecule has 0 unspecified atom stereocenters. The number of unbranched alkanes of at least 4 members (excludes halogenated alkanes) is 1. The zero-order valence-corrected chi connectivity index (χ0v) is 11.7. The summed E-state index contributed by atoms with van der Waals surface area (Å²) >= 11 is 0. The van der Waals surface area contributed by atoms with Gasteiger partial charge in [-0.05, 0) is 25.2 Å². The number of hydrogen-bond donors (Lipinski definition) is 1. The Kier molecular flexibility index (Phi) is 8.73. The van der Waals surface area contributed by atoms with E-state index in [2.05, 4.69) is 19.2 Å². The molecule has 1 N–H and O–H groups in total. The van der Waals surface area contributed by atoms with Gasteiger partial charge in [0.15, 0.2) is 0 Å². The van der Waals surface area contributed by atoms with Crippen molar-refractivity contribution in [3.8, 4) is 0 Å². The molecule has 0 spiro atoms. The normalized spacial score (nSPS) is 10.9. The quantitative estimate of drug-likeness (QED) is 0.631. The summed E-state index contributed by atoms with van der Waals surface area (Å²) < 4.78 is 0. The Morgan fingerprint density at radius 2 is 1.59 bits per heavy atom. The highest BCUT2D eigenvalue weighted by atomic mass is 16.1. The number of hydrogen-bond acceptors (Lipinski definition) is 2. The monoisotopic (exact) mass is 241 g/mol. The Morgan fingerprint density at radius 3 is 2.12 bits per heavy atom. The van der Waals surface area contributed by atoms with Crippen molar-refractivity contribution in [2.24, 2.45) is 11.8 Å². The van der Waals surface area contributed by atoms with E-state index in [0.29, 0.717) is 24.5 Å². The summed E-state index contributed by atoms with van der Waals surface area (Å²) in [6.45, 7) is 8.89. The number of carbonyl (C=O) groups is 2. The van der Waals surface area contributed by atoms with E-state index in [1.807, 2.05) is 13.8 Å². The van der Waals surface area contributed by atoms with Gasteiger partial charge in [-0.25, -0.2) is 0 Å². The highest BCUT2D eigenvalue weighted by Gasteiger charge is 2.07. The van der Waals surface area contributed by atoms with Gasteiger partial charge in [-0.15, -0.1) is 0 Å². The molecule has 0 radical (unpaired) electrons. The number of carbonyl (C=O) groups excluding carboxylic acids is 2. The van der Waals surface area contributed by atoms with Gasteiger partial charge in [-0.2, -0.15) is 0 Å². The zero-order valence-electron chi connectivity index (χ0n) is 11.7. The Labute approximate surface area is 105 Å².